The molecule has 0 fully saturated rings. The van der Waals surface area contributed by atoms with Gasteiger partial charge in [-0.05, 0) is 6.07 Å². The number of rotatable bonds is 4. The highest BCUT2D eigenvalue weighted by molar-refractivity contribution is 5.93. The zero-order chi connectivity index (χ0) is 15.5. The minimum atomic E-state index is -5.19. The van der Waals surface area contributed by atoms with Crippen LogP contribution in [0.4, 0.5) is 22.0 Å². The van der Waals surface area contributed by atoms with Crippen molar-refractivity contribution in [1.82, 2.24) is 4.98 Å². The third-order valence-electron chi connectivity index (χ3n) is 2.01. The first-order valence-corrected chi connectivity index (χ1v) is 4.90. The molecule has 0 atom stereocenters. The van der Waals surface area contributed by atoms with Gasteiger partial charge in [0.05, 0.1) is 14.2 Å². The number of esters is 1. The summed E-state index contributed by atoms with van der Waals surface area (Å²) < 4.78 is 74.0. The topological polar surface area (TPSA) is 57.7 Å². The van der Waals surface area contributed by atoms with Crippen LogP contribution >= 0.6 is 0 Å². The lowest BCUT2D eigenvalue weighted by Gasteiger charge is -2.15. The van der Waals surface area contributed by atoms with Crippen LogP contribution < -0.4 is 9.47 Å². The Balaban J connectivity index is 3.46. The Labute approximate surface area is 109 Å². The molecule has 0 saturated carbocycles. The third kappa shape index (κ3) is 3.68. The lowest BCUT2D eigenvalue weighted by molar-refractivity contribution is -0.276. The molecule has 1 heterocycles. The lowest BCUT2D eigenvalue weighted by atomic mass is 10.2. The number of aromatic nitrogens is 1. The molecular weight excluding hydrogens is 293 g/mol. The molecule has 20 heavy (non-hydrogen) atoms. The number of alkyl halides is 5. The van der Waals surface area contributed by atoms with Gasteiger partial charge in [0, 0.05) is 0 Å². The Morgan fingerprint density at radius 2 is 1.90 bits per heavy atom. The SMILES string of the molecule is COC(=O)c1cc(C(F)F)nc(OC(F)(F)F)c1OC. The largest absolute Gasteiger partial charge is 0.574 e. The highest BCUT2D eigenvalue weighted by Gasteiger charge is 2.35. The van der Waals surface area contributed by atoms with Crippen LogP contribution in [0.15, 0.2) is 6.07 Å². The molecule has 0 aliphatic rings. The van der Waals surface area contributed by atoms with Crippen LogP contribution in [-0.2, 0) is 4.74 Å². The quantitative estimate of drug-likeness (QED) is 0.632. The van der Waals surface area contributed by atoms with Gasteiger partial charge in [0.2, 0.25) is 0 Å². The number of halogens is 5. The van der Waals surface area contributed by atoms with Gasteiger partial charge in [0.1, 0.15) is 11.3 Å². The van der Waals surface area contributed by atoms with E-state index in [2.05, 4.69) is 19.2 Å². The molecule has 0 aromatic carbocycles. The summed E-state index contributed by atoms with van der Waals surface area (Å²) in [5.74, 6) is -3.21. The Morgan fingerprint density at radius 1 is 1.30 bits per heavy atom. The fourth-order valence-electron chi connectivity index (χ4n) is 1.28. The Morgan fingerprint density at radius 3 is 2.30 bits per heavy atom. The minimum absolute atomic E-state index is 0.568. The highest BCUT2D eigenvalue weighted by Crippen LogP contribution is 2.36. The Kier molecular flexibility index (Phi) is 4.69. The summed E-state index contributed by atoms with van der Waals surface area (Å²) in [6, 6.07) is 0.568. The van der Waals surface area contributed by atoms with Gasteiger partial charge in [0.25, 0.3) is 12.3 Å². The van der Waals surface area contributed by atoms with E-state index >= 15 is 0 Å². The maximum absolute atomic E-state index is 12.6. The molecule has 0 amide bonds. The van der Waals surface area contributed by atoms with Crippen LogP contribution in [0.25, 0.3) is 0 Å². The van der Waals surface area contributed by atoms with Crippen molar-refractivity contribution < 1.29 is 41.0 Å². The number of carbonyl (C=O) groups excluding carboxylic acids is 1. The first-order valence-electron chi connectivity index (χ1n) is 4.90. The van der Waals surface area contributed by atoms with Gasteiger partial charge in [0.15, 0.2) is 5.75 Å². The molecule has 1 aromatic rings. The smallest absolute Gasteiger partial charge is 0.491 e. The summed E-state index contributed by atoms with van der Waals surface area (Å²) in [7, 11) is 1.85. The summed E-state index contributed by atoms with van der Waals surface area (Å²) in [6.45, 7) is 0. The molecule has 112 valence electrons. The second kappa shape index (κ2) is 5.88. The van der Waals surface area contributed by atoms with Crippen molar-refractivity contribution >= 4 is 5.97 Å². The maximum atomic E-state index is 12.6. The summed E-state index contributed by atoms with van der Waals surface area (Å²) >= 11 is 0. The van der Waals surface area contributed by atoms with E-state index in [4.69, 9.17) is 0 Å². The molecule has 0 N–H and O–H groups in total. The van der Waals surface area contributed by atoms with Crippen LogP contribution in [0, 0.1) is 0 Å². The molecular formula is C10H8F5NO4. The van der Waals surface area contributed by atoms with Crippen molar-refractivity contribution in [3.8, 4) is 11.6 Å². The number of ether oxygens (including phenoxy) is 3. The summed E-state index contributed by atoms with van der Waals surface area (Å²) in [6.07, 6.45) is -8.39. The molecule has 0 unspecified atom stereocenters. The van der Waals surface area contributed by atoms with Gasteiger partial charge < -0.3 is 14.2 Å². The number of nitrogens with zero attached hydrogens (tertiary/aromatic N) is 1. The van der Waals surface area contributed by atoms with E-state index in [0.717, 1.165) is 14.2 Å². The van der Waals surface area contributed by atoms with E-state index in [-0.39, 0.29) is 0 Å². The number of hydrogen-bond donors (Lipinski definition) is 0. The van der Waals surface area contributed by atoms with Gasteiger partial charge in [-0.1, -0.05) is 0 Å². The fraction of sp³-hybridized carbons (Fsp3) is 0.400. The van der Waals surface area contributed by atoms with Crippen LogP contribution in [0.5, 0.6) is 11.6 Å². The second-order valence-corrected chi connectivity index (χ2v) is 3.27. The van der Waals surface area contributed by atoms with Gasteiger partial charge in [-0.15, -0.1) is 13.2 Å². The first-order chi connectivity index (χ1) is 9.19. The predicted molar refractivity (Wildman–Crippen MR) is 53.8 cm³/mol. The average Bonchev–Trinajstić information content (AvgIpc) is 2.34. The van der Waals surface area contributed by atoms with Gasteiger partial charge in [-0.2, -0.15) is 0 Å². The van der Waals surface area contributed by atoms with Crippen molar-refractivity contribution in [2.75, 3.05) is 14.2 Å². The summed E-state index contributed by atoms with van der Waals surface area (Å²) in [5.41, 5.74) is -1.73. The second-order valence-electron chi connectivity index (χ2n) is 3.27. The van der Waals surface area contributed by atoms with Gasteiger partial charge in [-0.25, -0.2) is 18.6 Å². The molecule has 1 rings (SSSR count). The maximum Gasteiger partial charge on any atom is 0.574 e. The number of pyridine rings is 1. The van der Waals surface area contributed by atoms with Gasteiger partial charge in [-0.3, -0.25) is 0 Å². The minimum Gasteiger partial charge on any atom is -0.491 e. The molecule has 0 aliphatic carbocycles. The fourth-order valence-corrected chi connectivity index (χ4v) is 1.28. The monoisotopic (exact) mass is 301 g/mol. The lowest BCUT2D eigenvalue weighted by Crippen LogP contribution is -2.20. The molecule has 0 aliphatic heterocycles. The molecule has 1 aromatic heterocycles. The van der Waals surface area contributed by atoms with Gasteiger partial charge >= 0.3 is 12.3 Å². The Bertz CT molecular complexity index is 503. The molecule has 5 nitrogen and oxygen atoms in total. The van der Waals surface area contributed by atoms with Crippen molar-refractivity contribution in [2.24, 2.45) is 0 Å². The van der Waals surface area contributed by atoms with Crippen LogP contribution in [-0.4, -0.2) is 31.5 Å². The molecule has 0 radical (unpaired) electrons. The molecule has 0 spiro atoms. The van der Waals surface area contributed by atoms with Crippen LogP contribution in [0.3, 0.4) is 0 Å². The zero-order valence-electron chi connectivity index (χ0n) is 10.1. The van der Waals surface area contributed by atoms with E-state index in [1.54, 1.807) is 0 Å². The summed E-state index contributed by atoms with van der Waals surface area (Å²) in [4.78, 5) is 14.4. The van der Waals surface area contributed by atoms with Crippen molar-refractivity contribution in [3.63, 3.8) is 0 Å². The normalized spacial score (nSPS) is 11.4. The average molecular weight is 301 g/mol. The highest BCUT2D eigenvalue weighted by atomic mass is 19.4. The van der Waals surface area contributed by atoms with Crippen LogP contribution in [0.2, 0.25) is 0 Å². The van der Waals surface area contributed by atoms with E-state index in [1.165, 1.54) is 0 Å². The third-order valence-corrected chi connectivity index (χ3v) is 2.01. The van der Waals surface area contributed by atoms with Crippen LogP contribution in [0.1, 0.15) is 22.5 Å². The summed E-state index contributed by atoms with van der Waals surface area (Å²) in [5, 5.41) is 0. The zero-order valence-corrected chi connectivity index (χ0v) is 10.1. The van der Waals surface area contributed by atoms with E-state index in [9.17, 15) is 26.7 Å². The van der Waals surface area contributed by atoms with E-state index < -0.39 is 41.6 Å². The molecule has 0 bridgehead atoms. The predicted octanol–water partition coefficient (Wildman–Crippen LogP) is 2.71. The number of carbonyl (C=O) groups is 1. The first kappa shape index (κ1) is 15.9. The Hall–Kier alpha value is -2.13. The molecule has 10 heteroatoms. The van der Waals surface area contributed by atoms with E-state index in [0.29, 0.717) is 6.07 Å². The number of hydrogen-bond acceptors (Lipinski definition) is 5. The molecule has 0 saturated heterocycles. The number of methoxy groups -OCH3 is 2. The van der Waals surface area contributed by atoms with Crippen molar-refractivity contribution in [2.45, 2.75) is 12.8 Å². The standard InChI is InChI=1S/C10H8F5NO4/c1-18-6-4(9(17)19-2)3-5(7(11)12)16-8(6)20-10(13,14)15/h3,7H,1-2H3. The van der Waals surface area contributed by atoms with Crippen molar-refractivity contribution in [3.05, 3.63) is 17.3 Å². The van der Waals surface area contributed by atoms with Crippen molar-refractivity contribution in [1.29, 1.82) is 0 Å². The van der Waals surface area contributed by atoms with E-state index in [1.807, 2.05) is 0 Å².